The van der Waals surface area contributed by atoms with Crippen molar-refractivity contribution in [2.24, 2.45) is 0 Å². The first-order valence-corrected chi connectivity index (χ1v) is 6.65. The number of non-ortho nitro benzene ring substituents is 1. The van der Waals surface area contributed by atoms with Crippen molar-refractivity contribution >= 4 is 11.5 Å². The van der Waals surface area contributed by atoms with E-state index in [0.717, 1.165) is 5.56 Å². The molecule has 0 amide bonds. The summed E-state index contributed by atoms with van der Waals surface area (Å²) in [4.78, 5) is 14.4. The molecule has 0 saturated heterocycles. The molecule has 0 spiro atoms. The summed E-state index contributed by atoms with van der Waals surface area (Å²) in [6.45, 7) is 4.42. The van der Waals surface area contributed by atoms with Gasteiger partial charge in [0.05, 0.1) is 11.0 Å². The zero-order valence-corrected chi connectivity index (χ0v) is 11.9. The zero-order valence-electron chi connectivity index (χ0n) is 11.9. The lowest BCUT2D eigenvalue weighted by Gasteiger charge is -2.14. The summed E-state index contributed by atoms with van der Waals surface area (Å²) in [5.41, 5.74) is 1.02. The standard InChI is InChI=1S/C15H17N3O3/c1-11(2)21-14-4-3-9-16-15(14)17-10-12-5-7-13(8-6-12)18(19)20/h3-9,11H,10H2,1-2H3,(H,16,17). The molecule has 0 radical (unpaired) electrons. The molecule has 0 aliphatic rings. The van der Waals surface area contributed by atoms with Gasteiger partial charge in [-0.25, -0.2) is 4.98 Å². The molecule has 6 nitrogen and oxygen atoms in total. The van der Waals surface area contributed by atoms with Gasteiger partial charge in [0.15, 0.2) is 11.6 Å². The second-order valence-electron chi connectivity index (χ2n) is 4.79. The Labute approximate surface area is 122 Å². The smallest absolute Gasteiger partial charge is 0.269 e. The van der Waals surface area contributed by atoms with Gasteiger partial charge >= 0.3 is 0 Å². The lowest BCUT2D eigenvalue weighted by Crippen LogP contribution is -2.09. The van der Waals surface area contributed by atoms with E-state index in [9.17, 15) is 10.1 Å². The minimum absolute atomic E-state index is 0.0640. The van der Waals surface area contributed by atoms with Crippen LogP contribution in [-0.2, 0) is 6.54 Å². The Morgan fingerprint density at radius 3 is 2.62 bits per heavy atom. The Hall–Kier alpha value is -2.63. The molecule has 0 bridgehead atoms. The average Bonchev–Trinajstić information content (AvgIpc) is 2.46. The van der Waals surface area contributed by atoms with Crippen LogP contribution in [0.15, 0.2) is 42.6 Å². The molecule has 6 heteroatoms. The van der Waals surface area contributed by atoms with Crippen LogP contribution in [0, 0.1) is 10.1 Å². The van der Waals surface area contributed by atoms with Crippen LogP contribution in [0.2, 0.25) is 0 Å². The number of ether oxygens (including phenoxy) is 1. The summed E-state index contributed by atoms with van der Waals surface area (Å²) in [6, 6.07) is 10.1. The molecule has 0 saturated carbocycles. The Bertz CT molecular complexity index is 612. The molecule has 21 heavy (non-hydrogen) atoms. The van der Waals surface area contributed by atoms with Gasteiger partial charge in [-0.05, 0) is 31.5 Å². The van der Waals surface area contributed by atoms with Crippen molar-refractivity contribution < 1.29 is 9.66 Å². The fourth-order valence-electron chi connectivity index (χ4n) is 1.79. The van der Waals surface area contributed by atoms with Crippen LogP contribution in [-0.4, -0.2) is 16.0 Å². The summed E-state index contributed by atoms with van der Waals surface area (Å²) in [5.74, 6) is 1.35. The number of anilines is 1. The molecule has 0 atom stereocenters. The monoisotopic (exact) mass is 287 g/mol. The van der Waals surface area contributed by atoms with Gasteiger partial charge in [0.2, 0.25) is 0 Å². The van der Waals surface area contributed by atoms with Gasteiger partial charge in [-0.3, -0.25) is 10.1 Å². The quantitative estimate of drug-likeness (QED) is 0.651. The van der Waals surface area contributed by atoms with E-state index in [1.807, 2.05) is 26.0 Å². The van der Waals surface area contributed by atoms with Crippen LogP contribution in [0.5, 0.6) is 5.75 Å². The lowest BCUT2D eigenvalue weighted by molar-refractivity contribution is -0.384. The lowest BCUT2D eigenvalue weighted by atomic mass is 10.2. The van der Waals surface area contributed by atoms with Crippen LogP contribution in [0.1, 0.15) is 19.4 Å². The van der Waals surface area contributed by atoms with Gasteiger partial charge in [0, 0.05) is 24.9 Å². The molecule has 1 aromatic carbocycles. The predicted molar refractivity (Wildman–Crippen MR) is 80.4 cm³/mol. The average molecular weight is 287 g/mol. The van der Waals surface area contributed by atoms with Gasteiger partial charge in [-0.15, -0.1) is 0 Å². The first kappa shape index (κ1) is 14.8. The number of nitro groups is 1. The van der Waals surface area contributed by atoms with Crippen molar-refractivity contribution in [2.45, 2.75) is 26.5 Å². The minimum Gasteiger partial charge on any atom is -0.487 e. The summed E-state index contributed by atoms with van der Waals surface area (Å²) in [6.07, 6.45) is 1.75. The number of nitrogens with zero attached hydrogens (tertiary/aromatic N) is 2. The Kier molecular flexibility index (Phi) is 4.71. The zero-order chi connectivity index (χ0) is 15.2. The molecule has 1 N–H and O–H groups in total. The highest BCUT2D eigenvalue weighted by atomic mass is 16.6. The van der Waals surface area contributed by atoms with Crippen LogP contribution < -0.4 is 10.1 Å². The summed E-state index contributed by atoms with van der Waals surface area (Å²) >= 11 is 0. The number of nitro benzene ring substituents is 1. The third kappa shape index (κ3) is 4.17. The molecule has 0 unspecified atom stereocenters. The summed E-state index contributed by atoms with van der Waals surface area (Å²) in [5, 5.41) is 13.8. The number of hydrogen-bond donors (Lipinski definition) is 1. The number of nitrogens with one attached hydrogen (secondary N) is 1. The van der Waals surface area contributed by atoms with E-state index in [1.165, 1.54) is 12.1 Å². The topological polar surface area (TPSA) is 77.3 Å². The van der Waals surface area contributed by atoms with E-state index < -0.39 is 4.92 Å². The van der Waals surface area contributed by atoms with Gasteiger partial charge in [0.25, 0.3) is 5.69 Å². The molecule has 2 aromatic rings. The van der Waals surface area contributed by atoms with E-state index in [1.54, 1.807) is 18.3 Å². The maximum atomic E-state index is 10.6. The van der Waals surface area contributed by atoms with Crippen LogP contribution in [0.4, 0.5) is 11.5 Å². The van der Waals surface area contributed by atoms with Gasteiger partial charge in [-0.2, -0.15) is 0 Å². The molecule has 0 aliphatic heterocycles. The van der Waals surface area contributed by atoms with Gasteiger partial charge in [0.1, 0.15) is 0 Å². The van der Waals surface area contributed by atoms with Crippen molar-refractivity contribution in [3.05, 3.63) is 58.3 Å². The van der Waals surface area contributed by atoms with Crippen LogP contribution >= 0.6 is 0 Å². The number of pyridine rings is 1. The van der Waals surface area contributed by atoms with Crippen molar-refractivity contribution in [3.63, 3.8) is 0 Å². The fourth-order valence-corrected chi connectivity index (χ4v) is 1.79. The minimum atomic E-state index is -0.412. The molecule has 0 fully saturated rings. The van der Waals surface area contributed by atoms with E-state index in [-0.39, 0.29) is 11.8 Å². The maximum absolute atomic E-state index is 10.6. The third-order valence-electron chi connectivity index (χ3n) is 2.74. The second-order valence-corrected chi connectivity index (χ2v) is 4.79. The molecule has 1 aromatic heterocycles. The Morgan fingerprint density at radius 2 is 2.00 bits per heavy atom. The molecule has 2 rings (SSSR count). The number of hydrogen-bond acceptors (Lipinski definition) is 5. The molecular formula is C15H17N3O3. The van der Waals surface area contributed by atoms with Crippen molar-refractivity contribution in [1.29, 1.82) is 0 Å². The molecule has 0 aliphatic carbocycles. The molecule has 1 heterocycles. The maximum Gasteiger partial charge on any atom is 0.269 e. The van der Waals surface area contributed by atoms with E-state index in [2.05, 4.69) is 10.3 Å². The summed E-state index contributed by atoms with van der Waals surface area (Å²) < 4.78 is 5.67. The third-order valence-corrected chi connectivity index (χ3v) is 2.74. The normalized spacial score (nSPS) is 10.4. The highest BCUT2D eigenvalue weighted by molar-refractivity contribution is 5.50. The molecular weight excluding hydrogens is 270 g/mol. The van der Waals surface area contributed by atoms with Crippen molar-refractivity contribution in [3.8, 4) is 5.75 Å². The highest BCUT2D eigenvalue weighted by Crippen LogP contribution is 2.23. The van der Waals surface area contributed by atoms with E-state index >= 15 is 0 Å². The summed E-state index contributed by atoms with van der Waals surface area (Å²) in [7, 11) is 0. The Balaban J connectivity index is 2.04. The first-order chi connectivity index (χ1) is 10.1. The highest BCUT2D eigenvalue weighted by Gasteiger charge is 2.07. The predicted octanol–water partition coefficient (Wildman–Crippen LogP) is 3.39. The van der Waals surface area contributed by atoms with E-state index in [0.29, 0.717) is 18.1 Å². The second kappa shape index (κ2) is 6.69. The Morgan fingerprint density at radius 1 is 1.29 bits per heavy atom. The van der Waals surface area contributed by atoms with Gasteiger partial charge in [-0.1, -0.05) is 12.1 Å². The number of benzene rings is 1. The number of rotatable bonds is 6. The van der Waals surface area contributed by atoms with Gasteiger partial charge < -0.3 is 10.1 Å². The van der Waals surface area contributed by atoms with E-state index in [4.69, 9.17) is 4.74 Å². The fraction of sp³-hybridized carbons (Fsp3) is 0.267. The number of aromatic nitrogens is 1. The van der Waals surface area contributed by atoms with Crippen molar-refractivity contribution in [1.82, 2.24) is 4.98 Å². The largest absolute Gasteiger partial charge is 0.487 e. The SMILES string of the molecule is CC(C)Oc1cccnc1NCc1ccc([N+](=O)[O-])cc1. The van der Waals surface area contributed by atoms with Crippen LogP contribution in [0.3, 0.4) is 0 Å². The molecule has 110 valence electrons. The van der Waals surface area contributed by atoms with Crippen molar-refractivity contribution in [2.75, 3.05) is 5.32 Å². The first-order valence-electron chi connectivity index (χ1n) is 6.65. The van der Waals surface area contributed by atoms with Crippen LogP contribution in [0.25, 0.3) is 0 Å².